The van der Waals surface area contributed by atoms with E-state index in [1.54, 1.807) is 24.9 Å². The molecule has 0 spiro atoms. The fourth-order valence-corrected chi connectivity index (χ4v) is 3.85. The molecule has 0 bridgehead atoms. The van der Waals surface area contributed by atoms with Crippen LogP contribution in [0.4, 0.5) is 13.2 Å². The average Bonchev–Trinajstić information content (AvgIpc) is 3.06. The topological polar surface area (TPSA) is 60.2 Å². The van der Waals surface area contributed by atoms with Gasteiger partial charge in [0.2, 0.25) is 0 Å². The standard InChI is InChI=1S/C21H19F3N4O2/c1-11-17(30-3)4-6-25-19(11)21(29)28-7-5-13-16(10-28)26-27(2)20(13)12-8-14(22)18(24)15(23)9-12/h4,6,8-9H,5,7,10H2,1-3H3. The van der Waals surface area contributed by atoms with Gasteiger partial charge in [0, 0.05) is 36.5 Å². The first-order valence-electron chi connectivity index (χ1n) is 9.30. The quantitative estimate of drug-likeness (QED) is 0.614. The van der Waals surface area contributed by atoms with E-state index in [0.29, 0.717) is 41.4 Å². The Morgan fingerprint density at radius 2 is 1.90 bits per heavy atom. The molecule has 3 heterocycles. The van der Waals surface area contributed by atoms with E-state index in [1.807, 2.05) is 0 Å². The Hall–Kier alpha value is -3.36. The molecule has 3 aromatic rings. The summed E-state index contributed by atoms with van der Waals surface area (Å²) in [6.07, 6.45) is 1.96. The highest BCUT2D eigenvalue weighted by Crippen LogP contribution is 2.32. The minimum Gasteiger partial charge on any atom is -0.496 e. The third-order valence-corrected chi connectivity index (χ3v) is 5.32. The Labute approximate surface area is 170 Å². The van der Waals surface area contributed by atoms with Crippen LogP contribution in [0.3, 0.4) is 0 Å². The van der Waals surface area contributed by atoms with Gasteiger partial charge in [-0.25, -0.2) is 13.2 Å². The molecule has 1 aliphatic rings. The number of aromatic nitrogens is 3. The molecule has 1 aliphatic heterocycles. The molecule has 1 aromatic carbocycles. The van der Waals surface area contributed by atoms with Crippen molar-refractivity contribution in [3.05, 3.63) is 64.4 Å². The van der Waals surface area contributed by atoms with Gasteiger partial charge in [0.25, 0.3) is 5.91 Å². The van der Waals surface area contributed by atoms with Crippen molar-refractivity contribution in [2.75, 3.05) is 13.7 Å². The summed E-state index contributed by atoms with van der Waals surface area (Å²) >= 11 is 0. The van der Waals surface area contributed by atoms with Gasteiger partial charge in [-0.3, -0.25) is 14.5 Å². The number of methoxy groups -OCH3 is 1. The van der Waals surface area contributed by atoms with E-state index in [2.05, 4.69) is 10.1 Å². The molecule has 0 saturated carbocycles. The number of ether oxygens (including phenoxy) is 1. The van der Waals surface area contributed by atoms with Gasteiger partial charge < -0.3 is 9.64 Å². The second kappa shape index (κ2) is 7.47. The largest absolute Gasteiger partial charge is 0.496 e. The van der Waals surface area contributed by atoms with Crippen molar-refractivity contribution in [3.63, 3.8) is 0 Å². The van der Waals surface area contributed by atoms with Crippen LogP contribution in [-0.2, 0) is 20.0 Å². The van der Waals surface area contributed by atoms with Gasteiger partial charge in [-0.15, -0.1) is 0 Å². The van der Waals surface area contributed by atoms with Crippen molar-refractivity contribution < 1.29 is 22.7 Å². The van der Waals surface area contributed by atoms with E-state index in [9.17, 15) is 18.0 Å². The number of aryl methyl sites for hydroxylation is 1. The summed E-state index contributed by atoms with van der Waals surface area (Å²) in [5, 5.41) is 4.43. The Morgan fingerprint density at radius 3 is 2.57 bits per heavy atom. The third kappa shape index (κ3) is 3.20. The number of carbonyl (C=O) groups is 1. The highest BCUT2D eigenvalue weighted by Gasteiger charge is 2.29. The molecule has 0 N–H and O–H groups in total. The molecule has 30 heavy (non-hydrogen) atoms. The van der Waals surface area contributed by atoms with Crippen molar-refractivity contribution in [3.8, 4) is 17.0 Å². The predicted octanol–water partition coefficient (Wildman–Crippen LogP) is 3.41. The number of amides is 1. The molecular formula is C21H19F3N4O2. The number of nitrogens with zero attached hydrogens (tertiary/aromatic N) is 4. The van der Waals surface area contributed by atoms with E-state index < -0.39 is 17.5 Å². The SMILES string of the molecule is COc1ccnc(C(=O)N2CCc3c(nn(C)c3-c3cc(F)c(F)c(F)c3)C2)c1C. The Bertz CT molecular complexity index is 1140. The first kappa shape index (κ1) is 19.9. The van der Waals surface area contributed by atoms with Gasteiger partial charge in [0.1, 0.15) is 11.4 Å². The smallest absolute Gasteiger partial charge is 0.273 e. The van der Waals surface area contributed by atoms with Crippen LogP contribution in [-0.4, -0.2) is 39.2 Å². The van der Waals surface area contributed by atoms with Crippen LogP contribution < -0.4 is 4.74 Å². The Morgan fingerprint density at radius 1 is 1.20 bits per heavy atom. The molecule has 0 saturated heterocycles. The van der Waals surface area contributed by atoms with Gasteiger partial charge >= 0.3 is 0 Å². The van der Waals surface area contributed by atoms with Crippen molar-refractivity contribution in [2.45, 2.75) is 19.9 Å². The van der Waals surface area contributed by atoms with Gasteiger partial charge in [0.05, 0.1) is 25.0 Å². The molecule has 6 nitrogen and oxygen atoms in total. The lowest BCUT2D eigenvalue weighted by Crippen LogP contribution is -2.36. The summed E-state index contributed by atoms with van der Waals surface area (Å²) in [5.41, 5.74) is 3.06. The first-order chi connectivity index (χ1) is 14.3. The molecule has 1 amide bonds. The summed E-state index contributed by atoms with van der Waals surface area (Å²) < 4.78 is 47.6. The van der Waals surface area contributed by atoms with Crippen LogP contribution >= 0.6 is 0 Å². The van der Waals surface area contributed by atoms with Gasteiger partial charge in [-0.1, -0.05) is 0 Å². The number of halogens is 3. The highest BCUT2D eigenvalue weighted by molar-refractivity contribution is 5.94. The maximum Gasteiger partial charge on any atom is 0.273 e. The van der Waals surface area contributed by atoms with Crippen LogP contribution in [0.2, 0.25) is 0 Å². The lowest BCUT2D eigenvalue weighted by molar-refractivity contribution is 0.0725. The van der Waals surface area contributed by atoms with Crippen molar-refractivity contribution in [1.29, 1.82) is 0 Å². The van der Waals surface area contributed by atoms with Crippen LogP contribution in [0.5, 0.6) is 5.75 Å². The number of hydrogen-bond donors (Lipinski definition) is 0. The van der Waals surface area contributed by atoms with Crippen LogP contribution in [0.15, 0.2) is 24.4 Å². The van der Waals surface area contributed by atoms with E-state index in [0.717, 1.165) is 17.7 Å². The summed E-state index contributed by atoms with van der Waals surface area (Å²) in [7, 11) is 3.17. The fraction of sp³-hybridized carbons (Fsp3) is 0.286. The number of fused-ring (bicyclic) bond motifs is 1. The summed E-state index contributed by atoms with van der Waals surface area (Å²) in [6.45, 7) is 2.38. The van der Waals surface area contributed by atoms with Gasteiger partial charge in [-0.2, -0.15) is 5.10 Å². The molecule has 9 heteroatoms. The normalized spacial score (nSPS) is 13.3. The molecule has 0 fully saturated rings. The molecule has 0 aliphatic carbocycles. The highest BCUT2D eigenvalue weighted by atomic mass is 19.2. The Kier molecular flexibility index (Phi) is 4.97. The molecule has 0 unspecified atom stereocenters. The number of rotatable bonds is 3. The zero-order valence-corrected chi connectivity index (χ0v) is 16.7. The van der Waals surface area contributed by atoms with E-state index in [1.165, 1.54) is 18.0 Å². The lowest BCUT2D eigenvalue weighted by atomic mass is 9.99. The fourth-order valence-electron chi connectivity index (χ4n) is 3.85. The van der Waals surface area contributed by atoms with Crippen molar-refractivity contribution in [1.82, 2.24) is 19.7 Å². The minimum atomic E-state index is -1.51. The maximum atomic E-state index is 13.7. The second-order valence-electron chi connectivity index (χ2n) is 7.11. The molecule has 156 valence electrons. The maximum absolute atomic E-state index is 13.7. The average molecular weight is 416 g/mol. The minimum absolute atomic E-state index is 0.202. The van der Waals surface area contributed by atoms with Crippen molar-refractivity contribution in [2.24, 2.45) is 7.05 Å². The van der Waals surface area contributed by atoms with Gasteiger partial charge in [0.15, 0.2) is 17.5 Å². The third-order valence-electron chi connectivity index (χ3n) is 5.32. The predicted molar refractivity (Wildman–Crippen MR) is 102 cm³/mol. The van der Waals surface area contributed by atoms with E-state index in [-0.39, 0.29) is 18.0 Å². The molecule has 0 radical (unpaired) electrons. The lowest BCUT2D eigenvalue weighted by Gasteiger charge is -2.27. The summed E-state index contributed by atoms with van der Waals surface area (Å²) in [5.74, 6) is -3.69. The summed E-state index contributed by atoms with van der Waals surface area (Å²) in [4.78, 5) is 18.8. The molecule has 0 atom stereocenters. The first-order valence-corrected chi connectivity index (χ1v) is 9.30. The summed E-state index contributed by atoms with van der Waals surface area (Å²) in [6, 6.07) is 3.60. The van der Waals surface area contributed by atoms with Crippen LogP contribution in [0, 0.1) is 24.4 Å². The Balaban J connectivity index is 1.67. The van der Waals surface area contributed by atoms with Crippen LogP contribution in [0.25, 0.3) is 11.3 Å². The van der Waals surface area contributed by atoms with Crippen LogP contribution in [0.1, 0.15) is 27.3 Å². The monoisotopic (exact) mass is 416 g/mol. The number of pyridine rings is 1. The molecular weight excluding hydrogens is 397 g/mol. The number of hydrogen-bond acceptors (Lipinski definition) is 4. The molecule has 2 aromatic heterocycles. The van der Waals surface area contributed by atoms with Crippen molar-refractivity contribution >= 4 is 5.91 Å². The molecule has 4 rings (SSSR count). The zero-order valence-electron chi connectivity index (χ0n) is 16.7. The zero-order chi connectivity index (χ0) is 21.6. The van der Waals surface area contributed by atoms with Gasteiger partial charge in [-0.05, 0) is 31.5 Å². The van der Waals surface area contributed by atoms with E-state index in [4.69, 9.17) is 4.74 Å². The van der Waals surface area contributed by atoms with E-state index >= 15 is 0 Å². The number of carbonyl (C=O) groups excluding carboxylic acids is 1. The second-order valence-corrected chi connectivity index (χ2v) is 7.11. The number of benzene rings is 1.